The molecule has 1 N–H and O–H groups in total. The molecule has 1 aliphatic heterocycles. The predicted octanol–water partition coefficient (Wildman–Crippen LogP) is 2.44. The maximum Gasteiger partial charge on any atom is 0.313 e. The first-order valence-electron chi connectivity index (χ1n) is 9.02. The molecular formula is C20H25N3O4. The Bertz CT molecular complexity index is 839. The van der Waals surface area contributed by atoms with Gasteiger partial charge in [-0.15, -0.1) is 0 Å². The molecule has 1 atom stereocenters. The summed E-state index contributed by atoms with van der Waals surface area (Å²) in [5.41, 5.74) is 2.15. The first-order valence-corrected chi connectivity index (χ1v) is 9.02. The lowest BCUT2D eigenvalue weighted by molar-refractivity contribution is -0.155. The number of benzene rings is 1. The fourth-order valence-corrected chi connectivity index (χ4v) is 3.62. The van der Waals surface area contributed by atoms with Crippen LogP contribution in [0.3, 0.4) is 0 Å². The topological polar surface area (TPSA) is 84.7 Å². The molecule has 1 aliphatic rings. The minimum Gasteiger partial charge on any atom is -0.481 e. The molecule has 2 heterocycles. The number of likely N-dealkylation sites (tertiary alicyclic amines) is 1. The Kier molecular flexibility index (Phi) is 5.32. The lowest BCUT2D eigenvalue weighted by Gasteiger charge is -2.39. The lowest BCUT2D eigenvalue weighted by Crippen LogP contribution is -2.52. The summed E-state index contributed by atoms with van der Waals surface area (Å²) in [7, 11) is 1.48. The number of carbonyl (C=O) groups is 2. The maximum absolute atomic E-state index is 13.0. The second kappa shape index (κ2) is 7.52. The Morgan fingerprint density at radius 3 is 2.59 bits per heavy atom. The van der Waals surface area contributed by atoms with Crippen LogP contribution in [0, 0.1) is 19.3 Å². The van der Waals surface area contributed by atoms with E-state index in [0.717, 1.165) is 16.9 Å². The molecule has 1 aromatic carbocycles. The van der Waals surface area contributed by atoms with E-state index in [0.29, 0.717) is 25.1 Å². The van der Waals surface area contributed by atoms with Crippen LogP contribution in [-0.4, -0.2) is 58.5 Å². The molecule has 1 saturated heterocycles. The van der Waals surface area contributed by atoms with Crippen LogP contribution in [0.15, 0.2) is 30.3 Å². The Balaban J connectivity index is 1.84. The number of rotatable bonds is 5. The van der Waals surface area contributed by atoms with Crippen molar-refractivity contribution in [2.24, 2.45) is 5.41 Å². The van der Waals surface area contributed by atoms with Crippen molar-refractivity contribution in [1.29, 1.82) is 0 Å². The summed E-state index contributed by atoms with van der Waals surface area (Å²) in [4.78, 5) is 26.4. The first kappa shape index (κ1) is 19.1. The molecule has 27 heavy (non-hydrogen) atoms. The van der Waals surface area contributed by atoms with E-state index < -0.39 is 11.4 Å². The summed E-state index contributed by atoms with van der Waals surface area (Å²) in [6, 6.07) is 9.65. The van der Waals surface area contributed by atoms with Gasteiger partial charge in [0.1, 0.15) is 5.41 Å². The molecule has 0 spiro atoms. The van der Waals surface area contributed by atoms with Crippen molar-refractivity contribution < 1.29 is 19.4 Å². The molecule has 2 aromatic rings. The molecule has 1 aromatic heterocycles. The van der Waals surface area contributed by atoms with Crippen molar-refractivity contribution in [2.45, 2.75) is 26.7 Å². The molecule has 7 nitrogen and oxygen atoms in total. The second-order valence-electron chi connectivity index (χ2n) is 7.27. The quantitative estimate of drug-likeness (QED) is 0.873. The molecule has 3 rings (SSSR count). The largest absolute Gasteiger partial charge is 0.481 e. The average Bonchev–Trinajstić information content (AvgIpc) is 3.04. The second-order valence-corrected chi connectivity index (χ2v) is 7.27. The highest BCUT2D eigenvalue weighted by Crippen LogP contribution is 2.31. The highest BCUT2D eigenvalue weighted by molar-refractivity contribution is 5.93. The van der Waals surface area contributed by atoms with Crippen LogP contribution in [0.5, 0.6) is 0 Å². The van der Waals surface area contributed by atoms with E-state index in [1.165, 1.54) is 7.11 Å². The van der Waals surface area contributed by atoms with Crippen LogP contribution >= 0.6 is 0 Å². The summed E-state index contributed by atoms with van der Waals surface area (Å²) >= 11 is 0. The van der Waals surface area contributed by atoms with Crippen LogP contribution < -0.4 is 0 Å². The standard InChI is InChI=1S/C20H25N3O4/c1-14-5-7-16(8-6-14)23-15(2)11-17(21-23)18(24)22-10-4-9-20(12-22,13-27-3)19(25)26/h5-8,11H,4,9-10,12-13H2,1-3H3,(H,25,26). The predicted molar refractivity (Wildman–Crippen MR) is 100 cm³/mol. The number of carboxylic acids is 1. The summed E-state index contributed by atoms with van der Waals surface area (Å²) < 4.78 is 6.86. The number of hydrogen-bond donors (Lipinski definition) is 1. The van der Waals surface area contributed by atoms with Gasteiger partial charge in [0, 0.05) is 25.9 Å². The third-order valence-corrected chi connectivity index (χ3v) is 5.12. The van der Waals surface area contributed by atoms with Gasteiger partial charge in [0.2, 0.25) is 0 Å². The smallest absolute Gasteiger partial charge is 0.313 e. The summed E-state index contributed by atoms with van der Waals surface area (Å²) in [6.45, 7) is 4.65. The summed E-state index contributed by atoms with van der Waals surface area (Å²) in [5.74, 6) is -1.17. The van der Waals surface area contributed by atoms with E-state index in [2.05, 4.69) is 5.10 Å². The zero-order valence-electron chi connectivity index (χ0n) is 15.9. The lowest BCUT2D eigenvalue weighted by atomic mass is 9.80. The van der Waals surface area contributed by atoms with Crippen molar-refractivity contribution in [1.82, 2.24) is 14.7 Å². The number of aryl methyl sites for hydroxylation is 2. The maximum atomic E-state index is 13.0. The molecule has 0 bridgehead atoms. The fourth-order valence-electron chi connectivity index (χ4n) is 3.62. The van der Waals surface area contributed by atoms with Crippen molar-refractivity contribution >= 4 is 11.9 Å². The summed E-state index contributed by atoms with van der Waals surface area (Å²) in [6.07, 6.45) is 1.12. The zero-order valence-corrected chi connectivity index (χ0v) is 15.9. The SMILES string of the molecule is COCC1(C(=O)O)CCCN(C(=O)c2cc(C)n(-c3ccc(C)cc3)n2)C1. The van der Waals surface area contributed by atoms with Crippen molar-refractivity contribution in [3.05, 3.63) is 47.3 Å². The number of carbonyl (C=O) groups excluding carboxylic acids is 1. The highest BCUT2D eigenvalue weighted by Gasteiger charge is 2.44. The Hall–Kier alpha value is -2.67. The van der Waals surface area contributed by atoms with E-state index in [1.54, 1.807) is 15.6 Å². The third kappa shape index (κ3) is 3.73. The minimum absolute atomic E-state index is 0.0863. The van der Waals surface area contributed by atoms with Crippen LogP contribution in [0.4, 0.5) is 0 Å². The number of aliphatic carboxylic acids is 1. The van der Waals surface area contributed by atoms with E-state index in [1.807, 2.05) is 38.1 Å². The number of carboxylic acid groups (broad SMARTS) is 1. The molecule has 0 saturated carbocycles. The van der Waals surface area contributed by atoms with E-state index in [9.17, 15) is 14.7 Å². The first-order chi connectivity index (χ1) is 12.9. The van der Waals surface area contributed by atoms with Gasteiger partial charge in [0.25, 0.3) is 5.91 Å². The van der Waals surface area contributed by atoms with E-state index in [-0.39, 0.29) is 19.1 Å². The molecule has 1 unspecified atom stereocenters. The number of piperidine rings is 1. The van der Waals surface area contributed by atoms with Crippen LogP contribution in [-0.2, 0) is 9.53 Å². The molecule has 1 fully saturated rings. The van der Waals surface area contributed by atoms with Gasteiger partial charge >= 0.3 is 5.97 Å². The van der Waals surface area contributed by atoms with Crippen LogP contribution in [0.1, 0.15) is 34.6 Å². The molecule has 1 amide bonds. The monoisotopic (exact) mass is 371 g/mol. The van der Waals surface area contributed by atoms with Gasteiger partial charge in [-0.2, -0.15) is 5.10 Å². The molecular weight excluding hydrogens is 346 g/mol. The Morgan fingerprint density at radius 2 is 1.96 bits per heavy atom. The summed E-state index contributed by atoms with van der Waals surface area (Å²) in [5, 5.41) is 14.1. The van der Waals surface area contributed by atoms with E-state index >= 15 is 0 Å². The highest BCUT2D eigenvalue weighted by atomic mass is 16.5. The molecule has 0 aliphatic carbocycles. The van der Waals surface area contributed by atoms with Gasteiger partial charge in [0.15, 0.2) is 5.69 Å². The molecule has 144 valence electrons. The number of nitrogens with zero attached hydrogens (tertiary/aromatic N) is 3. The van der Waals surface area contributed by atoms with Gasteiger partial charge < -0.3 is 14.7 Å². The number of amides is 1. The number of methoxy groups -OCH3 is 1. The van der Waals surface area contributed by atoms with Crippen LogP contribution in [0.2, 0.25) is 0 Å². The normalized spacial score (nSPS) is 19.9. The van der Waals surface area contributed by atoms with Gasteiger partial charge in [-0.1, -0.05) is 17.7 Å². The van der Waals surface area contributed by atoms with Crippen LogP contribution in [0.25, 0.3) is 5.69 Å². The molecule has 0 radical (unpaired) electrons. The number of aromatic nitrogens is 2. The fraction of sp³-hybridized carbons (Fsp3) is 0.450. The zero-order chi connectivity index (χ0) is 19.6. The molecule has 7 heteroatoms. The van der Waals surface area contributed by atoms with E-state index in [4.69, 9.17) is 4.74 Å². The van der Waals surface area contributed by atoms with Gasteiger partial charge in [-0.3, -0.25) is 9.59 Å². The van der Waals surface area contributed by atoms with Crippen molar-refractivity contribution in [3.8, 4) is 5.69 Å². The number of hydrogen-bond acceptors (Lipinski definition) is 4. The third-order valence-electron chi connectivity index (χ3n) is 5.12. The van der Waals surface area contributed by atoms with Gasteiger partial charge in [-0.25, -0.2) is 4.68 Å². The average molecular weight is 371 g/mol. The van der Waals surface area contributed by atoms with Gasteiger partial charge in [-0.05, 0) is 44.9 Å². The van der Waals surface area contributed by atoms with Gasteiger partial charge in [0.05, 0.1) is 12.3 Å². The number of ether oxygens (including phenoxy) is 1. The van der Waals surface area contributed by atoms with Crippen molar-refractivity contribution in [2.75, 3.05) is 26.8 Å². The Morgan fingerprint density at radius 1 is 1.26 bits per heavy atom. The Labute approximate surface area is 158 Å². The van der Waals surface area contributed by atoms with Crippen molar-refractivity contribution in [3.63, 3.8) is 0 Å². The minimum atomic E-state index is -1.06.